The maximum absolute atomic E-state index is 15.1. The molecule has 0 bridgehead atoms. The van der Waals surface area contributed by atoms with Crippen molar-refractivity contribution in [3.63, 3.8) is 0 Å². The van der Waals surface area contributed by atoms with Crippen LogP contribution in [0.3, 0.4) is 0 Å². The Morgan fingerprint density at radius 2 is 0.821 bits per heavy atom. The maximum Gasteiger partial charge on any atom is 0.138 e. The highest BCUT2D eigenvalue weighted by atomic mass is 31.2. The van der Waals surface area contributed by atoms with E-state index in [-0.39, 0.29) is 11.3 Å². The van der Waals surface area contributed by atoms with E-state index >= 15 is 4.57 Å². The molecule has 2 atom stereocenters. The van der Waals surface area contributed by atoms with Gasteiger partial charge in [-0.1, -0.05) is 115 Å². The predicted octanol–water partition coefficient (Wildman–Crippen LogP) is 6.57. The van der Waals surface area contributed by atoms with Crippen molar-refractivity contribution in [2.75, 3.05) is 0 Å². The van der Waals surface area contributed by atoms with Crippen molar-refractivity contribution < 1.29 is 4.57 Å². The van der Waals surface area contributed by atoms with Gasteiger partial charge in [0.05, 0.1) is 11.3 Å². The first-order chi connectivity index (χ1) is 13.8. The van der Waals surface area contributed by atoms with Crippen LogP contribution in [0, 0.1) is 0 Å². The first kappa shape index (κ1) is 17.2. The van der Waals surface area contributed by atoms with Gasteiger partial charge in [0.1, 0.15) is 7.14 Å². The summed E-state index contributed by atoms with van der Waals surface area (Å²) in [6, 6.07) is 39.2. The first-order valence-corrected chi connectivity index (χ1v) is 11.5. The average molecular weight is 380 g/mol. The van der Waals surface area contributed by atoms with Crippen molar-refractivity contribution in [3.8, 4) is 0 Å². The van der Waals surface area contributed by atoms with E-state index in [4.69, 9.17) is 0 Å². The van der Waals surface area contributed by atoms with Crippen LogP contribution in [-0.2, 0) is 4.57 Å². The Morgan fingerprint density at radius 1 is 0.464 bits per heavy atom. The van der Waals surface area contributed by atoms with Gasteiger partial charge >= 0.3 is 0 Å². The van der Waals surface area contributed by atoms with Gasteiger partial charge in [0.15, 0.2) is 0 Å². The van der Waals surface area contributed by atoms with Crippen LogP contribution in [-0.4, -0.2) is 0 Å². The summed E-state index contributed by atoms with van der Waals surface area (Å²) in [6.07, 6.45) is 0. The van der Waals surface area contributed by atoms with Crippen LogP contribution in [0.25, 0.3) is 0 Å². The van der Waals surface area contributed by atoms with Crippen molar-refractivity contribution in [1.82, 2.24) is 0 Å². The SMILES string of the molecule is O=P1(c2ccccc2)C(c2ccccc2)c2ccccc2C1c1ccccc1. The number of benzene rings is 4. The third kappa shape index (κ3) is 2.58. The minimum atomic E-state index is -2.87. The minimum Gasteiger partial charge on any atom is -0.317 e. The molecule has 4 aromatic carbocycles. The average Bonchev–Trinajstić information content (AvgIpc) is 3.05. The molecule has 0 saturated heterocycles. The van der Waals surface area contributed by atoms with E-state index in [0.29, 0.717) is 0 Å². The first-order valence-electron chi connectivity index (χ1n) is 9.64. The van der Waals surface area contributed by atoms with Gasteiger partial charge in [0.2, 0.25) is 0 Å². The van der Waals surface area contributed by atoms with Crippen LogP contribution in [0.2, 0.25) is 0 Å². The number of hydrogen-bond donors (Lipinski definition) is 0. The second-order valence-electron chi connectivity index (χ2n) is 7.30. The summed E-state index contributed by atoms with van der Waals surface area (Å²) in [4.78, 5) is 0. The zero-order chi connectivity index (χ0) is 19.0. The van der Waals surface area contributed by atoms with E-state index in [1.807, 2.05) is 66.7 Å². The standard InChI is InChI=1S/C26H21OP/c27-28(22-16-8-3-9-17-22)25(20-12-4-1-5-13-20)23-18-10-11-19-24(23)26(28)21-14-6-2-7-15-21/h1-19,25-26H. The summed E-state index contributed by atoms with van der Waals surface area (Å²) in [5.74, 6) is 0. The third-order valence-electron chi connectivity index (χ3n) is 5.74. The molecule has 0 aromatic heterocycles. The fourth-order valence-electron chi connectivity index (χ4n) is 4.60. The van der Waals surface area contributed by atoms with Crippen molar-refractivity contribution in [3.05, 3.63) is 138 Å². The number of hydrogen-bond acceptors (Lipinski definition) is 1. The number of rotatable bonds is 3. The molecule has 5 rings (SSSR count). The van der Waals surface area contributed by atoms with Gasteiger partial charge in [-0.3, -0.25) is 0 Å². The smallest absolute Gasteiger partial charge is 0.138 e. The largest absolute Gasteiger partial charge is 0.317 e. The fraction of sp³-hybridized carbons (Fsp3) is 0.0769. The van der Waals surface area contributed by atoms with Crippen molar-refractivity contribution >= 4 is 12.4 Å². The molecule has 0 N–H and O–H groups in total. The molecular weight excluding hydrogens is 359 g/mol. The normalized spacial score (nSPS) is 23.3. The molecule has 0 aliphatic carbocycles. The molecule has 1 nitrogen and oxygen atoms in total. The van der Waals surface area contributed by atoms with Crippen LogP contribution >= 0.6 is 7.14 Å². The Balaban J connectivity index is 1.85. The molecule has 28 heavy (non-hydrogen) atoms. The molecular formula is C26H21OP. The lowest BCUT2D eigenvalue weighted by Crippen LogP contribution is -2.13. The molecule has 0 amide bonds. The van der Waals surface area contributed by atoms with Crippen molar-refractivity contribution in [2.24, 2.45) is 0 Å². The van der Waals surface area contributed by atoms with Crippen LogP contribution in [0.15, 0.2) is 115 Å². The molecule has 0 radical (unpaired) electrons. The maximum atomic E-state index is 15.1. The quantitative estimate of drug-likeness (QED) is 0.368. The molecule has 2 unspecified atom stereocenters. The van der Waals surface area contributed by atoms with E-state index < -0.39 is 7.14 Å². The highest BCUT2D eigenvalue weighted by molar-refractivity contribution is 7.73. The third-order valence-corrected chi connectivity index (χ3v) is 9.53. The Bertz CT molecular complexity index is 1070. The predicted molar refractivity (Wildman–Crippen MR) is 117 cm³/mol. The second kappa shape index (κ2) is 6.93. The molecule has 136 valence electrons. The summed E-state index contributed by atoms with van der Waals surface area (Å²) in [6.45, 7) is 0. The van der Waals surface area contributed by atoms with Gasteiger partial charge in [-0.05, 0) is 22.3 Å². The summed E-state index contributed by atoms with van der Waals surface area (Å²) >= 11 is 0. The van der Waals surface area contributed by atoms with Gasteiger partial charge in [-0.2, -0.15) is 0 Å². The second-order valence-corrected chi connectivity index (χ2v) is 10.3. The zero-order valence-corrected chi connectivity index (χ0v) is 16.4. The molecule has 4 aromatic rings. The van der Waals surface area contributed by atoms with Crippen LogP contribution in [0.1, 0.15) is 33.6 Å². The van der Waals surface area contributed by atoms with Crippen LogP contribution in [0.5, 0.6) is 0 Å². The molecule has 0 saturated carbocycles. The zero-order valence-electron chi connectivity index (χ0n) is 15.5. The molecule has 0 spiro atoms. The van der Waals surface area contributed by atoms with E-state index in [1.165, 1.54) is 11.1 Å². The Kier molecular flexibility index (Phi) is 4.26. The van der Waals surface area contributed by atoms with E-state index in [0.717, 1.165) is 16.4 Å². The fourth-order valence-corrected chi connectivity index (χ4v) is 8.66. The monoisotopic (exact) mass is 380 g/mol. The van der Waals surface area contributed by atoms with Gasteiger partial charge in [0.25, 0.3) is 0 Å². The highest BCUT2D eigenvalue weighted by Crippen LogP contribution is 2.77. The van der Waals surface area contributed by atoms with Gasteiger partial charge in [0, 0.05) is 5.30 Å². The Morgan fingerprint density at radius 3 is 1.25 bits per heavy atom. The number of fused-ring (bicyclic) bond motifs is 1. The lowest BCUT2D eigenvalue weighted by atomic mass is 9.95. The Hall–Kier alpha value is -2.89. The van der Waals surface area contributed by atoms with Crippen LogP contribution in [0.4, 0.5) is 0 Å². The lowest BCUT2D eigenvalue weighted by molar-refractivity contribution is 0.575. The highest BCUT2D eigenvalue weighted by Gasteiger charge is 2.51. The molecule has 2 heteroatoms. The molecule has 1 heterocycles. The van der Waals surface area contributed by atoms with E-state index in [1.54, 1.807) is 0 Å². The topological polar surface area (TPSA) is 17.1 Å². The van der Waals surface area contributed by atoms with E-state index in [2.05, 4.69) is 48.5 Å². The van der Waals surface area contributed by atoms with Crippen molar-refractivity contribution in [1.29, 1.82) is 0 Å². The minimum absolute atomic E-state index is 0.127. The summed E-state index contributed by atoms with van der Waals surface area (Å²) in [5, 5.41) is 0.953. The van der Waals surface area contributed by atoms with Crippen molar-refractivity contribution in [2.45, 2.75) is 11.3 Å². The van der Waals surface area contributed by atoms with Gasteiger partial charge in [-0.25, -0.2) is 0 Å². The van der Waals surface area contributed by atoms with Gasteiger partial charge < -0.3 is 4.57 Å². The Labute approximate surface area is 166 Å². The van der Waals surface area contributed by atoms with Gasteiger partial charge in [-0.15, -0.1) is 0 Å². The molecule has 1 aliphatic rings. The summed E-state index contributed by atoms with van der Waals surface area (Å²) < 4.78 is 15.1. The van der Waals surface area contributed by atoms with Crippen LogP contribution < -0.4 is 5.30 Å². The molecule has 0 fully saturated rings. The lowest BCUT2D eigenvalue weighted by Gasteiger charge is -2.28. The summed E-state index contributed by atoms with van der Waals surface area (Å²) in [5.41, 5.74) is 4.38. The van der Waals surface area contributed by atoms with E-state index in [9.17, 15) is 0 Å². The summed E-state index contributed by atoms with van der Waals surface area (Å²) in [7, 11) is -2.87. The molecule has 1 aliphatic heterocycles.